The number of methoxy groups -OCH3 is 1. The van der Waals surface area contributed by atoms with E-state index in [1.54, 1.807) is 22.4 Å². The lowest BCUT2D eigenvalue weighted by Crippen LogP contribution is -2.46. The van der Waals surface area contributed by atoms with Gasteiger partial charge >= 0.3 is 5.97 Å². The minimum atomic E-state index is -3.45. The maximum atomic E-state index is 12.7. The Hall–Kier alpha value is -1.98. The SMILES string of the molecule is COC(=O)C(CC(=O)N1CCC2(CCN(S(=O)(=O)c3cccs3)CC2)C1)NC(C)=O. The summed E-state index contributed by atoms with van der Waals surface area (Å²) in [6.07, 6.45) is 2.02. The van der Waals surface area contributed by atoms with Gasteiger partial charge < -0.3 is 15.0 Å². The summed E-state index contributed by atoms with van der Waals surface area (Å²) < 4.78 is 32.0. The predicted molar refractivity (Wildman–Crippen MR) is 110 cm³/mol. The molecule has 166 valence electrons. The number of sulfonamides is 1. The molecule has 0 aromatic carbocycles. The van der Waals surface area contributed by atoms with Crippen LogP contribution in [0, 0.1) is 5.41 Å². The molecule has 30 heavy (non-hydrogen) atoms. The average molecular weight is 458 g/mol. The number of carbonyl (C=O) groups is 3. The second-order valence-electron chi connectivity index (χ2n) is 7.88. The summed E-state index contributed by atoms with van der Waals surface area (Å²) >= 11 is 1.22. The van der Waals surface area contributed by atoms with Crippen molar-refractivity contribution in [1.29, 1.82) is 0 Å². The third-order valence-corrected chi connectivity index (χ3v) is 9.18. The molecule has 3 rings (SSSR count). The molecule has 1 spiro atoms. The zero-order valence-corrected chi connectivity index (χ0v) is 18.8. The molecule has 1 aromatic rings. The van der Waals surface area contributed by atoms with Crippen LogP contribution in [0.3, 0.4) is 0 Å². The standard InChI is InChI=1S/C19H27N3O6S2/c1-14(23)20-15(18(25)28-2)12-16(24)21-8-5-19(13-21)6-9-22(10-7-19)30(26,27)17-4-3-11-29-17/h3-4,11,15H,5-10,12-13H2,1-2H3,(H,20,23). The fraction of sp³-hybridized carbons (Fsp3) is 0.632. The number of ether oxygens (including phenoxy) is 1. The van der Waals surface area contributed by atoms with Crippen molar-refractivity contribution in [1.82, 2.24) is 14.5 Å². The van der Waals surface area contributed by atoms with Crippen LogP contribution in [0.4, 0.5) is 0 Å². The van der Waals surface area contributed by atoms with Crippen molar-refractivity contribution in [3.05, 3.63) is 17.5 Å². The predicted octanol–water partition coefficient (Wildman–Crippen LogP) is 0.819. The maximum absolute atomic E-state index is 12.7. The Bertz CT molecular complexity index is 891. The molecule has 2 saturated heterocycles. The molecule has 0 bridgehead atoms. The van der Waals surface area contributed by atoms with Gasteiger partial charge in [0.1, 0.15) is 10.3 Å². The van der Waals surface area contributed by atoms with Gasteiger partial charge in [0, 0.05) is 33.1 Å². The van der Waals surface area contributed by atoms with Crippen molar-refractivity contribution in [2.75, 3.05) is 33.3 Å². The fourth-order valence-electron chi connectivity index (χ4n) is 4.18. The lowest BCUT2D eigenvalue weighted by Gasteiger charge is -2.38. The van der Waals surface area contributed by atoms with Gasteiger partial charge in [-0.25, -0.2) is 13.2 Å². The summed E-state index contributed by atoms with van der Waals surface area (Å²) in [5, 5.41) is 4.21. The van der Waals surface area contributed by atoms with Crippen molar-refractivity contribution >= 4 is 39.1 Å². The summed E-state index contributed by atoms with van der Waals surface area (Å²) in [6.45, 7) is 3.23. The molecule has 0 radical (unpaired) electrons. The Morgan fingerprint density at radius 1 is 1.23 bits per heavy atom. The van der Waals surface area contributed by atoms with Crippen molar-refractivity contribution < 1.29 is 27.5 Å². The number of carbonyl (C=O) groups excluding carboxylic acids is 3. The highest BCUT2D eigenvalue weighted by molar-refractivity contribution is 7.91. The van der Waals surface area contributed by atoms with E-state index in [1.807, 2.05) is 0 Å². The lowest BCUT2D eigenvalue weighted by atomic mass is 9.78. The summed E-state index contributed by atoms with van der Waals surface area (Å²) in [5.74, 6) is -1.28. The van der Waals surface area contributed by atoms with Crippen molar-refractivity contribution in [2.24, 2.45) is 5.41 Å². The number of amides is 2. The van der Waals surface area contributed by atoms with Gasteiger partial charge in [-0.2, -0.15) is 4.31 Å². The van der Waals surface area contributed by atoms with Crippen LogP contribution >= 0.6 is 11.3 Å². The minimum Gasteiger partial charge on any atom is -0.467 e. The zero-order chi connectivity index (χ0) is 21.9. The van der Waals surface area contributed by atoms with Crippen LogP contribution in [0.5, 0.6) is 0 Å². The quantitative estimate of drug-likeness (QED) is 0.633. The van der Waals surface area contributed by atoms with E-state index in [2.05, 4.69) is 10.1 Å². The smallest absolute Gasteiger partial charge is 0.328 e. The largest absolute Gasteiger partial charge is 0.467 e. The number of likely N-dealkylation sites (tertiary alicyclic amines) is 1. The van der Waals surface area contributed by atoms with Crippen LogP contribution in [0.25, 0.3) is 0 Å². The van der Waals surface area contributed by atoms with Crippen molar-refractivity contribution in [3.63, 3.8) is 0 Å². The minimum absolute atomic E-state index is 0.105. The Morgan fingerprint density at radius 2 is 1.90 bits per heavy atom. The molecule has 2 fully saturated rings. The van der Waals surface area contributed by atoms with E-state index in [-0.39, 0.29) is 17.7 Å². The van der Waals surface area contributed by atoms with E-state index in [9.17, 15) is 22.8 Å². The highest BCUT2D eigenvalue weighted by atomic mass is 32.2. The van der Waals surface area contributed by atoms with E-state index in [1.165, 1.54) is 29.7 Å². The molecular formula is C19H27N3O6S2. The molecule has 3 heterocycles. The zero-order valence-electron chi connectivity index (χ0n) is 17.1. The Balaban J connectivity index is 1.58. The Labute approximate surface area is 180 Å². The van der Waals surface area contributed by atoms with Crippen LogP contribution in [-0.4, -0.2) is 74.7 Å². The van der Waals surface area contributed by atoms with E-state index < -0.39 is 27.9 Å². The van der Waals surface area contributed by atoms with Gasteiger partial charge in [-0.1, -0.05) is 6.07 Å². The first-order valence-electron chi connectivity index (χ1n) is 9.83. The molecule has 0 saturated carbocycles. The second-order valence-corrected chi connectivity index (χ2v) is 11.0. The highest BCUT2D eigenvalue weighted by Gasteiger charge is 2.44. The van der Waals surface area contributed by atoms with Crippen LogP contribution in [-0.2, 0) is 29.1 Å². The first kappa shape index (κ1) is 22.7. The number of nitrogens with zero attached hydrogens (tertiary/aromatic N) is 2. The molecule has 1 N–H and O–H groups in total. The average Bonchev–Trinajstić information content (AvgIpc) is 3.38. The van der Waals surface area contributed by atoms with Crippen LogP contribution < -0.4 is 5.32 Å². The molecule has 1 unspecified atom stereocenters. The molecule has 2 aliphatic rings. The molecule has 2 amide bonds. The van der Waals surface area contributed by atoms with Gasteiger partial charge in [0.2, 0.25) is 11.8 Å². The number of thiophene rings is 1. The van der Waals surface area contributed by atoms with Crippen LogP contribution in [0.1, 0.15) is 32.6 Å². The second kappa shape index (κ2) is 9.03. The first-order chi connectivity index (χ1) is 14.2. The molecule has 9 nitrogen and oxygen atoms in total. The first-order valence-corrected chi connectivity index (χ1v) is 12.2. The number of piperidine rings is 1. The molecule has 0 aliphatic carbocycles. The summed E-state index contributed by atoms with van der Waals surface area (Å²) in [7, 11) is -2.24. The number of hydrogen-bond acceptors (Lipinski definition) is 7. The van der Waals surface area contributed by atoms with E-state index in [0.29, 0.717) is 43.2 Å². The molecular weight excluding hydrogens is 430 g/mol. The fourth-order valence-corrected chi connectivity index (χ4v) is 6.77. The topological polar surface area (TPSA) is 113 Å². The van der Waals surface area contributed by atoms with E-state index >= 15 is 0 Å². The van der Waals surface area contributed by atoms with Crippen LogP contribution in [0.15, 0.2) is 21.7 Å². The van der Waals surface area contributed by atoms with Gasteiger partial charge in [-0.05, 0) is 36.1 Å². The third kappa shape index (κ3) is 4.84. The Morgan fingerprint density at radius 3 is 2.47 bits per heavy atom. The van der Waals surface area contributed by atoms with Gasteiger partial charge in [-0.15, -0.1) is 11.3 Å². The Kier molecular flexibility index (Phi) is 6.83. The number of nitrogens with one attached hydrogen (secondary N) is 1. The summed E-state index contributed by atoms with van der Waals surface area (Å²) in [6, 6.07) is 2.34. The molecule has 1 atom stereocenters. The van der Waals surface area contributed by atoms with E-state index in [0.717, 1.165) is 6.42 Å². The highest BCUT2D eigenvalue weighted by Crippen LogP contribution is 2.41. The number of rotatable bonds is 6. The van der Waals surface area contributed by atoms with Gasteiger partial charge in [0.15, 0.2) is 0 Å². The maximum Gasteiger partial charge on any atom is 0.328 e. The molecule has 2 aliphatic heterocycles. The van der Waals surface area contributed by atoms with Gasteiger partial charge in [-0.3, -0.25) is 9.59 Å². The van der Waals surface area contributed by atoms with Gasteiger partial charge in [0.05, 0.1) is 13.5 Å². The third-order valence-electron chi connectivity index (χ3n) is 5.91. The van der Waals surface area contributed by atoms with Crippen molar-refractivity contribution in [3.8, 4) is 0 Å². The summed E-state index contributed by atoms with van der Waals surface area (Å²) in [5.41, 5.74) is -0.105. The number of hydrogen-bond donors (Lipinski definition) is 1. The monoisotopic (exact) mass is 457 g/mol. The van der Waals surface area contributed by atoms with Crippen LogP contribution in [0.2, 0.25) is 0 Å². The summed E-state index contributed by atoms with van der Waals surface area (Å²) in [4.78, 5) is 37.6. The van der Waals surface area contributed by atoms with E-state index in [4.69, 9.17) is 0 Å². The molecule has 1 aromatic heterocycles. The molecule has 11 heteroatoms. The number of esters is 1. The normalized spacial score (nSPS) is 20.1. The lowest BCUT2D eigenvalue weighted by molar-refractivity contribution is -0.147. The van der Waals surface area contributed by atoms with Gasteiger partial charge in [0.25, 0.3) is 10.0 Å². The van der Waals surface area contributed by atoms with Crippen molar-refractivity contribution in [2.45, 2.75) is 42.9 Å².